The van der Waals surface area contributed by atoms with Crippen molar-refractivity contribution < 1.29 is 5.11 Å². The van der Waals surface area contributed by atoms with Crippen LogP contribution >= 0.6 is 0 Å². The van der Waals surface area contributed by atoms with Gasteiger partial charge in [0.1, 0.15) is 5.82 Å². The van der Waals surface area contributed by atoms with Gasteiger partial charge in [0.2, 0.25) is 5.95 Å². The molecule has 0 saturated carbocycles. The Balaban J connectivity index is 1.93. The van der Waals surface area contributed by atoms with Gasteiger partial charge in [-0.1, -0.05) is 19.9 Å². The molecule has 3 aromatic rings. The number of hydrogen-bond acceptors (Lipinski definition) is 6. The summed E-state index contributed by atoms with van der Waals surface area (Å²) in [5.41, 5.74) is 5.22. The molecule has 0 bridgehead atoms. The minimum atomic E-state index is 0.0130. The maximum atomic E-state index is 9.08. The Morgan fingerprint density at radius 3 is 2.63 bits per heavy atom. The Morgan fingerprint density at radius 2 is 1.96 bits per heavy atom. The molecule has 27 heavy (non-hydrogen) atoms. The number of anilines is 3. The van der Waals surface area contributed by atoms with Gasteiger partial charge >= 0.3 is 0 Å². The van der Waals surface area contributed by atoms with Gasteiger partial charge < -0.3 is 15.7 Å². The lowest BCUT2D eigenvalue weighted by atomic mass is 9.98. The fourth-order valence-corrected chi connectivity index (χ4v) is 2.97. The first-order chi connectivity index (χ1) is 13.1. The monoisotopic (exact) mass is 363 g/mol. The largest absolute Gasteiger partial charge is 0.395 e. The molecule has 0 radical (unpaired) electrons. The Morgan fingerprint density at radius 1 is 1.11 bits per heavy atom. The molecular formula is C21H25N5O. The highest BCUT2D eigenvalue weighted by Gasteiger charge is 2.09. The van der Waals surface area contributed by atoms with E-state index >= 15 is 0 Å². The number of aliphatic hydroxyl groups is 1. The average Bonchev–Trinajstić information content (AvgIpc) is 2.66. The van der Waals surface area contributed by atoms with E-state index in [0.717, 1.165) is 16.9 Å². The van der Waals surface area contributed by atoms with Crippen LogP contribution in [0.4, 0.5) is 17.5 Å². The van der Waals surface area contributed by atoms with Crippen molar-refractivity contribution in [1.82, 2.24) is 15.0 Å². The van der Waals surface area contributed by atoms with Crippen LogP contribution in [-0.2, 0) is 0 Å². The summed E-state index contributed by atoms with van der Waals surface area (Å²) in [6.07, 6.45) is 3.50. The zero-order valence-electron chi connectivity index (χ0n) is 15.9. The Kier molecular flexibility index (Phi) is 5.98. The van der Waals surface area contributed by atoms with Gasteiger partial charge in [-0.05, 0) is 48.2 Å². The van der Waals surface area contributed by atoms with E-state index < -0.39 is 0 Å². The predicted octanol–water partition coefficient (Wildman–Crippen LogP) is 4.12. The third-order valence-corrected chi connectivity index (χ3v) is 4.24. The zero-order valence-corrected chi connectivity index (χ0v) is 15.9. The van der Waals surface area contributed by atoms with Crippen LogP contribution in [0.25, 0.3) is 11.3 Å². The molecule has 0 aliphatic heterocycles. The van der Waals surface area contributed by atoms with Crippen LogP contribution in [0.1, 0.15) is 30.9 Å². The lowest BCUT2D eigenvalue weighted by Crippen LogP contribution is -2.10. The predicted molar refractivity (Wildman–Crippen MR) is 109 cm³/mol. The molecule has 0 spiro atoms. The fourth-order valence-electron chi connectivity index (χ4n) is 2.97. The van der Waals surface area contributed by atoms with Gasteiger partial charge in [0.15, 0.2) is 0 Å². The molecule has 2 heterocycles. The van der Waals surface area contributed by atoms with E-state index in [1.807, 2.05) is 18.2 Å². The van der Waals surface area contributed by atoms with Crippen molar-refractivity contribution in [1.29, 1.82) is 0 Å². The van der Waals surface area contributed by atoms with E-state index in [9.17, 15) is 0 Å². The summed E-state index contributed by atoms with van der Waals surface area (Å²) >= 11 is 0. The molecule has 2 aromatic heterocycles. The standard InChI is InChI=1S/C21H25N5O/c1-14(2)18-7-6-17(11-15(18)3)24-20-12-19(16-5-4-8-22-13-16)25-21(26-20)23-9-10-27/h4-8,11-14,27H,9-10H2,1-3H3,(H2,23,24,25,26). The van der Waals surface area contributed by atoms with E-state index in [-0.39, 0.29) is 6.61 Å². The Hall–Kier alpha value is -2.99. The second kappa shape index (κ2) is 8.60. The molecule has 0 atom stereocenters. The molecule has 6 heteroatoms. The molecule has 0 aliphatic carbocycles. The van der Waals surface area contributed by atoms with Crippen molar-refractivity contribution in [3.63, 3.8) is 0 Å². The van der Waals surface area contributed by atoms with Crippen molar-refractivity contribution in [2.45, 2.75) is 26.7 Å². The first-order valence-corrected chi connectivity index (χ1v) is 9.08. The van der Waals surface area contributed by atoms with Crippen molar-refractivity contribution in [2.24, 2.45) is 0 Å². The molecule has 0 fully saturated rings. The molecule has 140 valence electrons. The third kappa shape index (κ3) is 4.80. The summed E-state index contributed by atoms with van der Waals surface area (Å²) in [7, 11) is 0. The van der Waals surface area contributed by atoms with Gasteiger partial charge in [-0.25, -0.2) is 4.98 Å². The summed E-state index contributed by atoms with van der Waals surface area (Å²) in [4.78, 5) is 13.2. The topological polar surface area (TPSA) is 83.0 Å². The van der Waals surface area contributed by atoms with Crippen LogP contribution in [0.15, 0.2) is 48.8 Å². The summed E-state index contributed by atoms with van der Waals surface area (Å²) in [6, 6.07) is 12.1. The van der Waals surface area contributed by atoms with E-state index in [2.05, 4.69) is 64.6 Å². The van der Waals surface area contributed by atoms with Crippen molar-refractivity contribution in [3.8, 4) is 11.3 Å². The number of benzene rings is 1. The van der Waals surface area contributed by atoms with Gasteiger partial charge in [-0.15, -0.1) is 0 Å². The molecule has 0 saturated heterocycles. The maximum Gasteiger partial charge on any atom is 0.225 e. The van der Waals surface area contributed by atoms with Crippen LogP contribution < -0.4 is 10.6 Å². The van der Waals surface area contributed by atoms with Crippen molar-refractivity contribution in [3.05, 3.63) is 59.9 Å². The quantitative estimate of drug-likeness (QED) is 0.586. The maximum absolute atomic E-state index is 9.08. The van der Waals surface area contributed by atoms with Gasteiger partial charge in [-0.2, -0.15) is 4.98 Å². The van der Waals surface area contributed by atoms with E-state index in [1.54, 1.807) is 12.4 Å². The van der Waals surface area contributed by atoms with E-state index in [4.69, 9.17) is 5.11 Å². The Bertz CT molecular complexity index is 896. The third-order valence-electron chi connectivity index (χ3n) is 4.24. The average molecular weight is 363 g/mol. The lowest BCUT2D eigenvalue weighted by Gasteiger charge is -2.14. The van der Waals surface area contributed by atoms with Crippen LogP contribution in [0, 0.1) is 6.92 Å². The fraction of sp³-hybridized carbons (Fsp3) is 0.286. The summed E-state index contributed by atoms with van der Waals surface area (Å²) in [6.45, 7) is 6.91. The number of nitrogens with one attached hydrogen (secondary N) is 2. The first-order valence-electron chi connectivity index (χ1n) is 9.08. The highest BCUT2D eigenvalue weighted by molar-refractivity contribution is 5.67. The molecule has 3 N–H and O–H groups in total. The summed E-state index contributed by atoms with van der Waals surface area (Å²) in [5, 5.41) is 15.5. The normalized spacial score (nSPS) is 10.9. The number of aromatic nitrogens is 3. The zero-order chi connectivity index (χ0) is 19.2. The number of hydrogen-bond donors (Lipinski definition) is 3. The van der Waals surface area contributed by atoms with Crippen LogP contribution in [0.5, 0.6) is 0 Å². The number of pyridine rings is 1. The molecule has 1 aromatic carbocycles. The smallest absolute Gasteiger partial charge is 0.225 e. The molecule has 0 amide bonds. The van der Waals surface area contributed by atoms with Crippen molar-refractivity contribution in [2.75, 3.05) is 23.8 Å². The summed E-state index contributed by atoms with van der Waals surface area (Å²) in [5.74, 6) is 1.63. The first kappa shape index (κ1) is 18.8. The molecule has 6 nitrogen and oxygen atoms in total. The van der Waals surface area contributed by atoms with Crippen LogP contribution in [-0.4, -0.2) is 33.2 Å². The Labute approximate surface area is 159 Å². The number of nitrogens with zero attached hydrogens (tertiary/aromatic N) is 3. The minimum Gasteiger partial charge on any atom is -0.395 e. The second-order valence-corrected chi connectivity index (χ2v) is 6.71. The lowest BCUT2D eigenvalue weighted by molar-refractivity contribution is 0.311. The number of rotatable bonds is 7. The van der Waals surface area contributed by atoms with Gasteiger partial charge in [0.25, 0.3) is 0 Å². The molecular weight excluding hydrogens is 338 g/mol. The number of aliphatic hydroxyl groups excluding tert-OH is 1. The van der Waals surface area contributed by atoms with Gasteiger partial charge in [0.05, 0.1) is 12.3 Å². The van der Waals surface area contributed by atoms with E-state index in [1.165, 1.54) is 11.1 Å². The number of aryl methyl sites for hydroxylation is 1. The highest BCUT2D eigenvalue weighted by Crippen LogP contribution is 2.26. The SMILES string of the molecule is Cc1cc(Nc2cc(-c3cccnc3)nc(NCCO)n2)ccc1C(C)C. The highest BCUT2D eigenvalue weighted by atomic mass is 16.3. The van der Waals surface area contributed by atoms with E-state index in [0.29, 0.717) is 24.2 Å². The second-order valence-electron chi connectivity index (χ2n) is 6.71. The van der Waals surface area contributed by atoms with Gasteiger partial charge in [-0.3, -0.25) is 4.98 Å². The van der Waals surface area contributed by atoms with Crippen molar-refractivity contribution >= 4 is 17.5 Å². The van der Waals surface area contributed by atoms with Crippen LogP contribution in [0.3, 0.4) is 0 Å². The summed E-state index contributed by atoms with van der Waals surface area (Å²) < 4.78 is 0. The molecule has 3 rings (SSSR count). The van der Waals surface area contributed by atoms with Crippen LogP contribution in [0.2, 0.25) is 0 Å². The molecule has 0 unspecified atom stereocenters. The minimum absolute atomic E-state index is 0.0130. The molecule has 0 aliphatic rings. The van der Waals surface area contributed by atoms with Gasteiger partial charge in [0, 0.05) is 36.3 Å².